The van der Waals surface area contributed by atoms with E-state index in [0.717, 1.165) is 11.3 Å². The van der Waals surface area contributed by atoms with Crippen molar-refractivity contribution in [2.45, 2.75) is 17.9 Å². The summed E-state index contributed by atoms with van der Waals surface area (Å²) in [5.41, 5.74) is 9.53. The van der Waals surface area contributed by atoms with E-state index in [4.69, 9.17) is 10.5 Å². The van der Waals surface area contributed by atoms with Gasteiger partial charge in [-0.25, -0.2) is 5.43 Å². The lowest BCUT2D eigenvalue weighted by atomic mass is 10.2. The summed E-state index contributed by atoms with van der Waals surface area (Å²) in [6.45, 7) is 1.69. The number of hydrogen-bond donors (Lipinski definition) is 2. The van der Waals surface area contributed by atoms with E-state index in [1.165, 1.54) is 5.56 Å². The lowest BCUT2D eigenvalue weighted by Gasteiger charge is -2.09. The van der Waals surface area contributed by atoms with Crippen molar-refractivity contribution in [3.63, 3.8) is 0 Å². The fourth-order valence-corrected chi connectivity index (χ4v) is 2.78. The van der Waals surface area contributed by atoms with Crippen LogP contribution in [-0.2, 0) is 15.3 Å². The number of nitrogens with zero attached hydrogens (tertiary/aromatic N) is 1. The highest BCUT2D eigenvalue weighted by Gasteiger charge is 2.12. The third-order valence-electron chi connectivity index (χ3n) is 3.36. The quantitative estimate of drug-likeness (QED) is 0.522. The van der Waals surface area contributed by atoms with Crippen LogP contribution in [0.15, 0.2) is 59.7 Å². The Morgan fingerprint density at radius 2 is 1.88 bits per heavy atom. The predicted octanol–water partition coefficient (Wildman–Crippen LogP) is 2.32. The van der Waals surface area contributed by atoms with Crippen LogP contribution in [0, 0.1) is 0 Å². The molecule has 1 atom stereocenters. The van der Waals surface area contributed by atoms with Gasteiger partial charge in [-0.2, -0.15) is 5.10 Å². The number of carbonyl (C=O) groups is 2. The molecule has 0 aliphatic carbocycles. The average Bonchev–Trinajstić information content (AvgIpc) is 2.66. The molecule has 0 aromatic heterocycles. The Labute approximate surface area is 156 Å². The molecule has 26 heavy (non-hydrogen) atoms. The van der Waals surface area contributed by atoms with Crippen LogP contribution in [0.3, 0.4) is 0 Å². The monoisotopic (exact) mass is 371 g/mol. The normalized spacial score (nSPS) is 11.9. The molecular weight excluding hydrogens is 350 g/mol. The van der Waals surface area contributed by atoms with Gasteiger partial charge in [0, 0.05) is 5.75 Å². The number of benzene rings is 2. The fraction of sp³-hybridized carbons (Fsp3) is 0.211. The number of ether oxygens (including phenoxy) is 1. The molecule has 0 radical (unpaired) electrons. The smallest absolute Gasteiger partial charge is 0.255 e. The molecule has 0 unspecified atom stereocenters. The molecule has 0 aliphatic rings. The van der Waals surface area contributed by atoms with Gasteiger partial charge in [0.1, 0.15) is 5.75 Å². The van der Waals surface area contributed by atoms with Crippen LogP contribution in [0.2, 0.25) is 0 Å². The molecule has 7 heteroatoms. The maximum atomic E-state index is 12.0. The molecule has 2 aromatic rings. The molecule has 2 aromatic carbocycles. The molecule has 0 fully saturated rings. The van der Waals surface area contributed by atoms with Crippen LogP contribution >= 0.6 is 11.8 Å². The van der Waals surface area contributed by atoms with Gasteiger partial charge in [0.25, 0.3) is 11.8 Å². The minimum Gasteiger partial charge on any atom is -0.484 e. The van der Waals surface area contributed by atoms with E-state index in [1.54, 1.807) is 42.2 Å². The highest BCUT2D eigenvalue weighted by molar-refractivity contribution is 7.99. The molecule has 0 bridgehead atoms. The van der Waals surface area contributed by atoms with Gasteiger partial charge in [0.05, 0.1) is 11.5 Å². The zero-order chi connectivity index (χ0) is 18.8. The molecule has 0 saturated carbocycles. The Morgan fingerprint density at radius 1 is 1.19 bits per heavy atom. The fourth-order valence-electron chi connectivity index (χ4n) is 1.94. The van der Waals surface area contributed by atoms with Crippen molar-refractivity contribution in [1.82, 2.24) is 5.43 Å². The number of rotatable bonds is 9. The summed E-state index contributed by atoms with van der Waals surface area (Å²) in [5, 5.41) is 3.76. The van der Waals surface area contributed by atoms with Gasteiger partial charge in [-0.3, -0.25) is 9.59 Å². The van der Waals surface area contributed by atoms with Crippen LogP contribution in [0.25, 0.3) is 0 Å². The third-order valence-corrected chi connectivity index (χ3v) is 4.58. The van der Waals surface area contributed by atoms with E-state index in [0.29, 0.717) is 5.75 Å². The summed E-state index contributed by atoms with van der Waals surface area (Å²) in [5.74, 6) is 0.628. The van der Waals surface area contributed by atoms with Crippen molar-refractivity contribution in [3.05, 3.63) is 65.7 Å². The first kappa shape index (κ1) is 19.5. The molecule has 0 saturated heterocycles. The SMILES string of the molecule is C[C@H](SCc1ccccc1)C(=O)N/N=C\c1ccc(OCC(N)=O)cc1. The van der Waals surface area contributed by atoms with Gasteiger partial charge in [0.15, 0.2) is 6.61 Å². The highest BCUT2D eigenvalue weighted by atomic mass is 32.2. The van der Waals surface area contributed by atoms with Gasteiger partial charge in [-0.15, -0.1) is 11.8 Å². The van der Waals surface area contributed by atoms with Crippen LogP contribution in [-0.4, -0.2) is 29.9 Å². The van der Waals surface area contributed by atoms with Crippen molar-refractivity contribution in [2.24, 2.45) is 10.8 Å². The summed E-state index contributed by atoms with van der Waals surface area (Å²) in [6, 6.07) is 16.9. The summed E-state index contributed by atoms with van der Waals surface area (Å²) >= 11 is 1.55. The highest BCUT2D eigenvalue weighted by Crippen LogP contribution is 2.17. The molecule has 136 valence electrons. The summed E-state index contributed by atoms with van der Waals surface area (Å²) in [4.78, 5) is 22.7. The number of primary amides is 1. The first-order chi connectivity index (χ1) is 12.5. The summed E-state index contributed by atoms with van der Waals surface area (Å²) < 4.78 is 5.17. The molecule has 6 nitrogen and oxygen atoms in total. The van der Waals surface area contributed by atoms with Gasteiger partial charge in [-0.1, -0.05) is 30.3 Å². The van der Waals surface area contributed by atoms with E-state index in [-0.39, 0.29) is 17.8 Å². The van der Waals surface area contributed by atoms with Crippen LogP contribution in [0.1, 0.15) is 18.1 Å². The minimum absolute atomic E-state index is 0.149. The van der Waals surface area contributed by atoms with E-state index < -0.39 is 5.91 Å². The minimum atomic E-state index is -0.530. The van der Waals surface area contributed by atoms with Crippen molar-refractivity contribution in [1.29, 1.82) is 0 Å². The Hall–Kier alpha value is -2.80. The number of hydrazone groups is 1. The topological polar surface area (TPSA) is 93.8 Å². The Bertz CT molecular complexity index is 748. The summed E-state index contributed by atoms with van der Waals surface area (Å²) in [7, 11) is 0. The van der Waals surface area contributed by atoms with Gasteiger partial charge in [-0.05, 0) is 42.3 Å². The van der Waals surface area contributed by atoms with Crippen LogP contribution < -0.4 is 15.9 Å². The van der Waals surface area contributed by atoms with E-state index in [1.807, 2.05) is 37.3 Å². The first-order valence-electron chi connectivity index (χ1n) is 8.04. The number of carbonyl (C=O) groups excluding carboxylic acids is 2. The van der Waals surface area contributed by atoms with Gasteiger partial charge < -0.3 is 10.5 Å². The second kappa shape index (κ2) is 10.2. The molecule has 3 N–H and O–H groups in total. The predicted molar refractivity (Wildman–Crippen MR) is 104 cm³/mol. The Kier molecular flexibility index (Phi) is 7.70. The zero-order valence-corrected chi connectivity index (χ0v) is 15.2. The molecular formula is C19H21N3O3S. The molecule has 2 amide bonds. The lowest BCUT2D eigenvalue weighted by molar-refractivity contribution is -0.120. The molecule has 0 aliphatic heterocycles. The van der Waals surface area contributed by atoms with Crippen molar-refractivity contribution in [3.8, 4) is 5.75 Å². The van der Waals surface area contributed by atoms with Gasteiger partial charge >= 0.3 is 0 Å². The van der Waals surface area contributed by atoms with Crippen molar-refractivity contribution in [2.75, 3.05) is 6.61 Å². The molecule has 0 spiro atoms. The van der Waals surface area contributed by atoms with Crippen molar-refractivity contribution >= 4 is 29.8 Å². The second-order valence-corrected chi connectivity index (χ2v) is 6.83. The second-order valence-electron chi connectivity index (χ2n) is 5.50. The number of nitrogens with one attached hydrogen (secondary N) is 1. The van der Waals surface area contributed by atoms with E-state index in [2.05, 4.69) is 10.5 Å². The molecule has 2 rings (SSSR count). The van der Waals surface area contributed by atoms with E-state index >= 15 is 0 Å². The zero-order valence-electron chi connectivity index (χ0n) is 14.4. The maximum Gasteiger partial charge on any atom is 0.255 e. The Morgan fingerprint density at radius 3 is 2.54 bits per heavy atom. The number of nitrogens with two attached hydrogens (primary N) is 1. The first-order valence-corrected chi connectivity index (χ1v) is 9.09. The Balaban J connectivity index is 1.76. The van der Waals surface area contributed by atoms with E-state index in [9.17, 15) is 9.59 Å². The van der Waals surface area contributed by atoms with Crippen LogP contribution in [0.5, 0.6) is 5.75 Å². The third kappa shape index (κ3) is 6.98. The summed E-state index contributed by atoms with van der Waals surface area (Å²) in [6.07, 6.45) is 1.55. The largest absolute Gasteiger partial charge is 0.484 e. The number of thioether (sulfide) groups is 1. The molecule has 0 heterocycles. The average molecular weight is 371 g/mol. The number of hydrogen-bond acceptors (Lipinski definition) is 5. The van der Waals surface area contributed by atoms with Gasteiger partial charge in [0.2, 0.25) is 0 Å². The standard InChI is InChI=1S/C19H21N3O3S/c1-14(26-13-16-5-3-2-4-6-16)19(24)22-21-11-15-7-9-17(10-8-15)25-12-18(20)23/h2-11,14H,12-13H2,1H3,(H2,20,23)(H,22,24)/b21-11-/t14-/m0/s1. The lowest BCUT2D eigenvalue weighted by Crippen LogP contribution is -2.27. The number of amides is 2. The van der Waals surface area contributed by atoms with Crippen LogP contribution in [0.4, 0.5) is 0 Å². The maximum absolute atomic E-state index is 12.0. The van der Waals surface area contributed by atoms with Crippen molar-refractivity contribution < 1.29 is 14.3 Å².